The molecule has 3 aliphatic heterocycles. The maximum atomic E-state index is 14.4. The average Bonchev–Trinajstić information content (AvgIpc) is 3.43. The van der Waals surface area contributed by atoms with Gasteiger partial charge in [-0.25, -0.2) is 0 Å². The Morgan fingerprint density at radius 2 is 2.03 bits per heavy atom. The van der Waals surface area contributed by atoms with Crippen LogP contribution in [0.5, 0.6) is 0 Å². The van der Waals surface area contributed by atoms with Crippen LogP contribution in [0.25, 0.3) is 0 Å². The summed E-state index contributed by atoms with van der Waals surface area (Å²) in [7, 11) is 0. The van der Waals surface area contributed by atoms with E-state index in [2.05, 4.69) is 29.1 Å². The van der Waals surface area contributed by atoms with E-state index >= 15 is 0 Å². The van der Waals surface area contributed by atoms with E-state index in [0.29, 0.717) is 32.2 Å². The molecule has 1 N–H and O–H groups in total. The zero-order valence-electron chi connectivity index (χ0n) is 22.8. The summed E-state index contributed by atoms with van der Waals surface area (Å²) in [6.07, 6.45) is 5.34. The van der Waals surface area contributed by atoms with Crippen LogP contribution in [0, 0.1) is 17.8 Å². The van der Waals surface area contributed by atoms with Gasteiger partial charge >= 0.3 is 5.97 Å². The van der Waals surface area contributed by atoms with Crippen LogP contribution >= 0.6 is 15.9 Å². The number of unbranched alkanes of at least 4 members (excludes halogenated alkanes) is 1. The van der Waals surface area contributed by atoms with Gasteiger partial charge in [0.05, 0.1) is 37.2 Å². The molecular formula is C28H43BrN2O6. The molecule has 3 rings (SSSR count). The molecule has 3 saturated heterocycles. The summed E-state index contributed by atoms with van der Waals surface area (Å²) in [5, 5.41) is 10.4. The van der Waals surface area contributed by atoms with Crippen molar-refractivity contribution in [2.45, 2.75) is 94.5 Å². The Kier molecular flexibility index (Phi) is 9.34. The number of aliphatic hydroxyl groups excluding tert-OH is 1. The fraction of sp³-hybridized carbons (Fsp3) is 0.750. The normalized spacial score (nSPS) is 32.1. The smallest absolute Gasteiger partial charge is 0.312 e. The Hall–Kier alpha value is -1.71. The van der Waals surface area contributed by atoms with Crippen molar-refractivity contribution in [2.24, 2.45) is 17.8 Å². The highest BCUT2D eigenvalue weighted by Gasteiger charge is 2.77. The maximum Gasteiger partial charge on any atom is 0.312 e. The lowest BCUT2D eigenvalue weighted by atomic mass is 9.70. The summed E-state index contributed by atoms with van der Waals surface area (Å²) in [5.41, 5.74) is -1.74. The number of likely N-dealkylation sites (tertiary alicyclic amines) is 1. The van der Waals surface area contributed by atoms with E-state index in [-0.39, 0.29) is 35.8 Å². The number of rotatable bonds is 12. The van der Waals surface area contributed by atoms with E-state index in [1.54, 1.807) is 22.0 Å². The highest BCUT2D eigenvalue weighted by atomic mass is 79.9. The second-order valence-electron chi connectivity index (χ2n) is 11.6. The lowest BCUT2D eigenvalue weighted by molar-refractivity contribution is -0.158. The van der Waals surface area contributed by atoms with E-state index in [9.17, 15) is 19.5 Å². The van der Waals surface area contributed by atoms with Gasteiger partial charge in [-0.3, -0.25) is 14.4 Å². The molecule has 0 aliphatic carbocycles. The first-order valence-electron chi connectivity index (χ1n) is 13.4. The number of carbonyl (C=O) groups excluding carboxylic acids is 3. The third-order valence-corrected chi connectivity index (χ3v) is 9.11. The van der Waals surface area contributed by atoms with Gasteiger partial charge in [-0.05, 0) is 46.0 Å². The van der Waals surface area contributed by atoms with Gasteiger partial charge in [0, 0.05) is 16.9 Å². The third-order valence-electron chi connectivity index (χ3n) is 8.26. The van der Waals surface area contributed by atoms with E-state index in [1.807, 2.05) is 34.6 Å². The standard InChI is InChI=1S/C28H43BrN2O6/c1-8-11-12-14-36-26(35)20-21-24(33)31(19(16-32)17(4)10-3)23(28(21)15-18(29)22(20)37-28)25(34)30(13-9-2)27(5,6)7/h8-9,17-23,32H,1-2,10-16H2,3-7H3/t17-,18?,19-,20-,21-,22-,23?,28?/m0/s1. The molecule has 37 heavy (non-hydrogen) atoms. The van der Waals surface area contributed by atoms with Crippen LogP contribution in [-0.4, -0.2) is 86.6 Å². The van der Waals surface area contributed by atoms with Crippen molar-refractivity contribution in [2.75, 3.05) is 19.8 Å². The number of alkyl halides is 1. The Bertz CT molecular complexity index is 904. The summed E-state index contributed by atoms with van der Waals surface area (Å²) < 4.78 is 12.2. The van der Waals surface area contributed by atoms with Crippen molar-refractivity contribution >= 4 is 33.7 Å². The lowest BCUT2D eigenvalue weighted by Crippen LogP contribution is -2.62. The molecule has 1 spiro atoms. The van der Waals surface area contributed by atoms with Crippen molar-refractivity contribution in [3.05, 3.63) is 25.3 Å². The molecule has 3 unspecified atom stereocenters. The minimum atomic E-state index is -1.19. The van der Waals surface area contributed by atoms with Crippen molar-refractivity contribution in [3.63, 3.8) is 0 Å². The molecular weight excluding hydrogens is 540 g/mol. The van der Waals surface area contributed by atoms with Crippen LogP contribution in [-0.2, 0) is 23.9 Å². The number of carbonyl (C=O) groups is 3. The van der Waals surface area contributed by atoms with Gasteiger partial charge < -0.3 is 24.4 Å². The molecule has 2 amide bonds. The third kappa shape index (κ3) is 5.15. The van der Waals surface area contributed by atoms with Crippen LogP contribution in [0.2, 0.25) is 0 Å². The molecule has 3 heterocycles. The van der Waals surface area contributed by atoms with Crippen LogP contribution in [0.3, 0.4) is 0 Å². The predicted molar refractivity (Wildman–Crippen MR) is 145 cm³/mol. The molecule has 9 heteroatoms. The van der Waals surface area contributed by atoms with E-state index < -0.39 is 47.1 Å². The number of hydrogen-bond acceptors (Lipinski definition) is 6. The number of ether oxygens (including phenoxy) is 2. The molecule has 2 bridgehead atoms. The highest BCUT2D eigenvalue weighted by molar-refractivity contribution is 9.09. The van der Waals surface area contributed by atoms with E-state index in [4.69, 9.17) is 9.47 Å². The molecule has 8 atom stereocenters. The number of allylic oxidation sites excluding steroid dienone is 1. The van der Waals surface area contributed by atoms with Gasteiger partial charge in [0.2, 0.25) is 11.8 Å². The Labute approximate surface area is 229 Å². The summed E-state index contributed by atoms with van der Waals surface area (Å²) in [6, 6.07) is -1.56. The SMILES string of the molecule is C=CCCCOC(=O)[C@H]1[C@H]2C(=O)N([C@@H](CO)[C@@H](C)CC)C(C(=O)N(CC=C)C(C)(C)C)C23CC(Br)[C@@H]1O3. The van der Waals surface area contributed by atoms with Gasteiger partial charge in [0.25, 0.3) is 0 Å². The number of esters is 1. The second kappa shape index (κ2) is 11.6. The van der Waals surface area contributed by atoms with Crippen LogP contribution in [0.15, 0.2) is 25.3 Å². The maximum absolute atomic E-state index is 14.4. The summed E-state index contributed by atoms with van der Waals surface area (Å²) in [6.45, 7) is 17.5. The second-order valence-corrected chi connectivity index (χ2v) is 12.7. The number of halogens is 1. The summed E-state index contributed by atoms with van der Waals surface area (Å²) in [5.74, 6) is -2.80. The first-order chi connectivity index (χ1) is 17.4. The van der Waals surface area contributed by atoms with Crippen molar-refractivity contribution in [1.29, 1.82) is 0 Å². The van der Waals surface area contributed by atoms with Crippen LogP contribution < -0.4 is 0 Å². The molecule has 208 valence electrons. The number of nitrogens with zero attached hydrogens (tertiary/aromatic N) is 2. The fourth-order valence-corrected chi connectivity index (χ4v) is 7.20. The van der Waals surface area contributed by atoms with Gasteiger partial charge in [-0.1, -0.05) is 48.4 Å². The average molecular weight is 584 g/mol. The monoisotopic (exact) mass is 582 g/mol. The highest BCUT2D eigenvalue weighted by Crippen LogP contribution is 2.61. The Morgan fingerprint density at radius 3 is 2.57 bits per heavy atom. The van der Waals surface area contributed by atoms with Gasteiger partial charge in [-0.15, -0.1) is 13.2 Å². The van der Waals surface area contributed by atoms with E-state index in [1.165, 1.54) is 0 Å². The number of amides is 2. The van der Waals surface area contributed by atoms with Crippen LogP contribution in [0.1, 0.15) is 60.3 Å². The zero-order valence-corrected chi connectivity index (χ0v) is 24.4. The van der Waals surface area contributed by atoms with Crippen molar-refractivity contribution in [1.82, 2.24) is 9.80 Å². The van der Waals surface area contributed by atoms with Crippen molar-refractivity contribution in [3.8, 4) is 0 Å². The van der Waals surface area contributed by atoms with Gasteiger partial charge in [0.1, 0.15) is 11.6 Å². The largest absolute Gasteiger partial charge is 0.465 e. The first kappa shape index (κ1) is 29.8. The number of hydrogen-bond donors (Lipinski definition) is 1. The Morgan fingerprint density at radius 1 is 1.35 bits per heavy atom. The molecule has 3 aliphatic rings. The van der Waals surface area contributed by atoms with E-state index in [0.717, 1.165) is 0 Å². The Balaban J connectivity index is 2.10. The van der Waals surface area contributed by atoms with Crippen LogP contribution in [0.4, 0.5) is 0 Å². The molecule has 0 radical (unpaired) electrons. The number of fused-ring (bicyclic) bond motifs is 1. The zero-order chi connectivity index (χ0) is 27.7. The van der Waals surface area contributed by atoms with Crippen molar-refractivity contribution < 1.29 is 29.0 Å². The molecule has 3 fully saturated rings. The van der Waals surface area contributed by atoms with Gasteiger partial charge in [-0.2, -0.15) is 0 Å². The summed E-state index contributed by atoms with van der Waals surface area (Å²) >= 11 is 3.68. The molecule has 0 saturated carbocycles. The molecule has 0 aromatic carbocycles. The van der Waals surface area contributed by atoms with Gasteiger partial charge in [0.15, 0.2) is 0 Å². The first-order valence-corrected chi connectivity index (χ1v) is 14.3. The summed E-state index contributed by atoms with van der Waals surface area (Å²) in [4.78, 5) is 45.0. The topological polar surface area (TPSA) is 96.4 Å². The lowest BCUT2D eigenvalue weighted by Gasteiger charge is -2.44. The molecule has 0 aromatic rings. The molecule has 0 aromatic heterocycles. The number of aliphatic hydroxyl groups is 1. The quantitative estimate of drug-likeness (QED) is 0.164. The molecule has 8 nitrogen and oxygen atoms in total. The minimum absolute atomic E-state index is 0.0664. The minimum Gasteiger partial charge on any atom is -0.465 e. The predicted octanol–water partition coefficient (Wildman–Crippen LogP) is 3.46. The fourth-order valence-electron chi connectivity index (χ4n) is 6.26.